The summed E-state index contributed by atoms with van der Waals surface area (Å²) < 4.78 is 5.28. The van der Waals surface area contributed by atoms with Crippen LogP contribution in [0.3, 0.4) is 0 Å². The molecule has 2 heterocycles. The summed E-state index contributed by atoms with van der Waals surface area (Å²) in [6.45, 7) is 1.76. The standard InChI is InChI=1S/C15H18N2O3/c1-20-10-15(7-4-8-16-15)9-17-13(18)11-5-2-3-6-12(11)14(17)19/h2-3,5-6,16H,4,7-10H2,1H3. The molecule has 1 fully saturated rings. The van der Waals surface area contributed by atoms with E-state index in [0.29, 0.717) is 24.3 Å². The summed E-state index contributed by atoms with van der Waals surface area (Å²) in [5.74, 6) is -0.399. The zero-order valence-corrected chi connectivity index (χ0v) is 11.5. The minimum absolute atomic E-state index is 0.199. The Labute approximate surface area is 117 Å². The number of benzene rings is 1. The van der Waals surface area contributed by atoms with E-state index in [1.165, 1.54) is 4.90 Å². The van der Waals surface area contributed by atoms with Gasteiger partial charge >= 0.3 is 0 Å². The molecular formula is C15H18N2O3. The Bertz CT molecular complexity index is 515. The van der Waals surface area contributed by atoms with E-state index >= 15 is 0 Å². The third-order valence-electron chi connectivity index (χ3n) is 4.09. The lowest BCUT2D eigenvalue weighted by atomic mass is 9.98. The first kappa shape index (κ1) is 13.3. The van der Waals surface area contributed by atoms with Crippen LogP contribution in [0.1, 0.15) is 33.6 Å². The molecular weight excluding hydrogens is 256 g/mol. The second-order valence-corrected chi connectivity index (χ2v) is 5.49. The van der Waals surface area contributed by atoms with Crippen molar-refractivity contribution in [1.82, 2.24) is 10.2 Å². The lowest BCUT2D eigenvalue weighted by Crippen LogP contribution is -2.54. The summed E-state index contributed by atoms with van der Waals surface area (Å²) in [5, 5.41) is 3.39. The van der Waals surface area contributed by atoms with Crippen molar-refractivity contribution >= 4 is 11.8 Å². The average molecular weight is 274 g/mol. The summed E-state index contributed by atoms with van der Waals surface area (Å²) >= 11 is 0. The maximum Gasteiger partial charge on any atom is 0.261 e. The van der Waals surface area contributed by atoms with Gasteiger partial charge in [-0.05, 0) is 31.5 Å². The van der Waals surface area contributed by atoms with Crippen LogP contribution in [0.15, 0.2) is 24.3 Å². The number of ether oxygens (including phenoxy) is 1. The number of methoxy groups -OCH3 is 1. The Morgan fingerprint density at radius 1 is 1.25 bits per heavy atom. The molecule has 1 aromatic carbocycles. The molecule has 2 aliphatic heterocycles. The molecule has 0 spiro atoms. The van der Waals surface area contributed by atoms with E-state index in [2.05, 4.69) is 5.32 Å². The third-order valence-corrected chi connectivity index (χ3v) is 4.09. The monoisotopic (exact) mass is 274 g/mol. The van der Waals surface area contributed by atoms with Gasteiger partial charge in [0.05, 0.1) is 23.3 Å². The van der Waals surface area contributed by atoms with Crippen molar-refractivity contribution in [2.24, 2.45) is 0 Å². The number of hydrogen-bond acceptors (Lipinski definition) is 4. The smallest absolute Gasteiger partial charge is 0.261 e. The zero-order valence-electron chi connectivity index (χ0n) is 11.5. The second-order valence-electron chi connectivity index (χ2n) is 5.49. The normalized spacial score (nSPS) is 25.4. The van der Waals surface area contributed by atoms with Crippen LogP contribution in [0.2, 0.25) is 0 Å². The fourth-order valence-corrected chi connectivity index (χ4v) is 3.13. The molecule has 5 nitrogen and oxygen atoms in total. The van der Waals surface area contributed by atoms with Crippen molar-refractivity contribution < 1.29 is 14.3 Å². The van der Waals surface area contributed by atoms with Crippen LogP contribution in [0.4, 0.5) is 0 Å². The molecule has 0 aliphatic carbocycles. The van der Waals surface area contributed by atoms with Gasteiger partial charge in [0, 0.05) is 13.7 Å². The van der Waals surface area contributed by atoms with Crippen molar-refractivity contribution in [3.63, 3.8) is 0 Å². The Morgan fingerprint density at radius 2 is 1.90 bits per heavy atom. The summed E-state index contributed by atoms with van der Waals surface area (Å²) in [6, 6.07) is 6.99. The van der Waals surface area contributed by atoms with Gasteiger partial charge in [0.15, 0.2) is 0 Å². The predicted octanol–water partition coefficient (Wildman–Crippen LogP) is 1.05. The molecule has 1 saturated heterocycles. The van der Waals surface area contributed by atoms with E-state index in [4.69, 9.17) is 4.74 Å². The Kier molecular flexibility index (Phi) is 3.31. The van der Waals surface area contributed by atoms with E-state index in [1.807, 2.05) is 0 Å². The van der Waals surface area contributed by atoms with Gasteiger partial charge in [-0.3, -0.25) is 14.5 Å². The van der Waals surface area contributed by atoms with E-state index in [1.54, 1.807) is 31.4 Å². The third kappa shape index (κ3) is 2.03. The number of carbonyl (C=O) groups excluding carboxylic acids is 2. The van der Waals surface area contributed by atoms with Crippen LogP contribution < -0.4 is 5.32 Å². The van der Waals surface area contributed by atoms with Crippen molar-refractivity contribution in [3.8, 4) is 0 Å². The van der Waals surface area contributed by atoms with E-state index < -0.39 is 0 Å². The zero-order chi connectivity index (χ0) is 14.2. The molecule has 2 amide bonds. The molecule has 5 heteroatoms. The number of rotatable bonds is 4. The number of nitrogens with one attached hydrogen (secondary N) is 1. The molecule has 106 valence electrons. The fraction of sp³-hybridized carbons (Fsp3) is 0.467. The highest BCUT2D eigenvalue weighted by molar-refractivity contribution is 6.21. The summed E-state index contributed by atoms with van der Waals surface area (Å²) in [7, 11) is 1.64. The Morgan fingerprint density at radius 3 is 2.40 bits per heavy atom. The van der Waals surface area contributed by atoms with Crippen LogP contribution in [-0.2, 0) is 4.74 Å². The fourth-order valence-electron chi connectivity index (χ4n) is 3.13. The maximum absolute atomic E-state index is 12.4. The first-order valence-corrected chi connectivity index (χ1v) is 6.86. The van der Waals surface area contributed by atoms with Gasteiger partial charge in [-0.15, -0.1) is 0 Å². The molecule has 0 aromatic heterocycles. The molecule has 20 heavy (non-hydrogen) atoms. The SMILES string of the molecule is COCC1(CN2C(=O)c3ccccc3C2=O)CCCN1. The quantitative estimate of drug-likeness (QED) is 0.834. The van der Waals surface area contributed by atoms with Crippen molar-refractivity contribution in [1.29, 1.82) is 0 Å². The van der Waals surface area contributed by atoms with Crippen molar-refractivity contribution in [3.05, 3.63) is 35.4 Å². The highest BCUT2D eigenvalue weighted by Crippen LogP contribution is 2.27. The first-order valence-electron chi connectivity index (χ1n) is 6.86. The predicted molar refractivity (Wildman–Crippen MR) is 73.7 cm³/mol. The number of carbonyl (C=O) groups is 2. The number of imide groups is 1. The summed E-state index contributed by atoms with van der Waals surface area (Å²) in [4.78, 5) is 26.1. The van der Waals surface area contributed by atoms with Crippen molar-refractivity contribution in [2.75, 3.05) is 26.8 Å². The minimum Gasteiger partial charge on any atom is -0.383 e. The molecule has 1 aromatic rings. The molecule has 3 rings (SSSR count). The largest absolute Gasteiger partial charge is 0.383 e. The van der Waals surface area contributed by atoms with Gasteiger partial charge in [0.2, 0.25) is 0 Å². The van der Waals surface area contributed by atoms with Crippen molar-refractivity contribution in [2.45, 2.75) is 18.4 Å². The first-order chi connectivity index (χ1) is 9.67. The van der Waals surface area contributed by atoms with Gasteiger partial charge in [-0.2, -0.15) is 0 Å². The van der Waals surface area contributed by atoms with Crippen LogP contribution >= 0.6 is 0 Å². The maximum atomic E-state index is 12.4. The second kappa shape index (κ2) is 5.00. The number of hydrogen-bond donors (Lipinski definition) is 1. The summed E-state index contributed by atoms with van der Waals surface area (Å²) in [6.07, 6.45) is 1.95. The number of amides is 2. The number of fused-ring (bicyclic) bond motifs is 1. The van der Waals surface area contributed by atoms with Gasteiger partial charge < -0.3 is 10.1 Å². The molecule has 0 saturated carbocycles. The van der Waals surface area contributed by atoms with Gasteiger partial charge in [0.25, 0.3) is 11.8 Å². The van der Waals surface area contributed by atoms with Gasteiger partial charge in [-0.25, -0.2) is 0 Å². The van der Waals surface area contributed by atoms with Gasteiger partial charge in [-0.1, -0.05) is 12.1 Å². The Balaban J connectivity index is 1.86. The number of nitrogens with zero attached hydrogens (tertiary/aromatic N) is 1. The minimum atomic E-state index is -0.303. The Hall–Kier alpha value is -1.72. The summed E-state index contributed by atoms with van der Waals surface area (Å²) in [5.41, 5.74) is 0.702. The van der Waals surface area contributed by atoms with Gasteiger partial charge in [0.1, 0.15) is 0 Å². The lowest BCUT2D eigenvalue weighted by molar-refractivity contribution is 0.0522. The molecule has 1 unspecified atom stereocenters. The molecule has 0 bridgehead atoms. The molecule has 1 atom stereocenters. The van der Waals surface area contributed by atoms with Crippen LogP contribution in [0.5, 0.6) is 0 Å². The highest BCUT2D eigenvalue weighted by Gasteiger charge is 2.42. The highest BCUT2D eigenvalue weighted by atomic mass is 16.5. The lowest BCUT2D eigenvalue weighted by Gasteiger charge is -2.32. The molecule has 1 N–H and O–H groups in total. The van der Waals surface area contributed by atoms with E-state index in [9.17, 15) is 9.59 Å². The topological polar surface area (TPSA) is 58.6 Å². The van der Waals surface area contributed by atoms with Crippen LogP contribution in [-0.4, -0.2) is 49.1 Å². The average Bonchev–Trinajstić information content (AvgIpc) is 3.00. The van der Waals surface area contributed by atoms with Crippen LogP contribution in [0.25, 0.3) is 0 Å². The molecule has 2 aliphatic rings. The van der Waals surface area contributed by atoms with E-state index in [-0.39, 0.29) is 17.4 Å². The van der Waals surface area contributed by atoms with E-state index in [0.717, 1.165) is 19.4 Å². The van der Waals surface area contributed by atoms with Crippen LogP contribution in [0, 0.1) is 0 Å². The molecule has 0 radical (unpaired) electrons.